The van der Waals surface area contributed by atoms with Gasteiger partial charge in [-0.2, -0.15) is 24.9 Å². The van der Waals surface area contributed by atoms with E-state index in [0.717, 1.165) is 0 Å². The van der Waals surface area contributed by atoms with Gasteiger partial charge in [-0.05, 0) is 87.8 Å². The van der Waals surface area contributed by atoms with Gasteiger partial charge in [0.25, 0.3) is 0 Å². The van der Waals surface area contributed by atoms with Crippen LogP contribution in [0.15, 0.2) is 54.6 Å². The number of primary amides is 1. The normalized spacial score (nSPS) is 14.9. The predicted octanol–water partition coefficient (Wildman–Crippen LogP) is -2.06. The number of hydrogen-bond acceptors (Lipinski definition) is 16. The fourth-order valence-corrected chi connectivity index (χ4v) is 7.48. The van der Waals surface area contributed by atoms with Gasteiger partial charge >= 0.3 is 18.1 Å². The lowest BCUT2D eigenvalue weighted by Gasteiger charge is -2.28. The number of amides is 9. The molecule has 446 valence electrons. The second-order valence-corrected chi connectivity index (χ2v) is 19.7. The van der Waals surface area contributed by atoms with E-state index < -0.39 is 144 Å². The van der Waals surface area contributed by atoms with Crippen molar-refractivity contribution in [3.05, 3.63) is 65.7 Å². The lowest BCUT2D eigenvalue weighted by atomic mass is 10.00. The average molecular weight is 1160 g/mol. The summed E-state index contributed by atoms with van der Waals surface area (Å²) in [6.45, 7) is 7.51. The third-order valence-corrected chi connectivity index (χ3v) is 12.2. The number of carboxylic acids is 2. The molecule has 0 aliphatic heterocycles. The van der Waals surface area contributed by atoms with E-state index >= 15 is 0 Å². The molecule has 0 saturated carbocycles. The zero-order chi connectivity index (χ0) is 61.0. The number of phenolic OH excluding ortho intramolecular Hbond substituents is 1. The van der Waals surface area contributed by atoms with Crippen LogP contribution in [0.1, 0.15) is 77.8 Å². The average Bonchev–Trinajstić information content (AvgIpc) is 3.37. The van der Waals surface area contributed by atoms with E-state index in [-0.39, 0.29) is 25.0 Å². The summed E-state index contributed by atoms with van der Waals surface area (Å²) in [5, 5.41) is 56.7. The summed E-state index contributed by atoms with van der Waals surface area (Å²) in [6, 6.07) is 1.45. The molecule has 80 heavy (non-hydrogen) atoms. The van der Waals surface area contributed by atoms with Crippen LogP contribution in [0.25, 0.3) is 0 Å². The quantitative estimate of drug-likeness (QED) is 0.0350. The Hall–Kier alpha value is -7.57. The monoisotopic (exact) mass is 1160 g/mol. The van der Waals surface area contributed by atoms with Gasteiger partial charge in [-0.15, -0.1) is 0 Å². The first kappa shape index (κ1) is 70.4. The molecule has 0 aliphatic rings. The fraction of sp³-hybridized carbons (Fsp3) is 0.540. The van der Waals surface area contributed by atoms with Crippen molar-refractivity contribution in [2.24, 2.45) is 23.1 Å². The van der Waals surface area contributed by atoms with Gasteiger partial charge in [0.2, 0.25) is 53.2 Å². The van der Waals surface area contributed by atoms with E-state index in [1.54, 1.807) is 50.4 Å². The number of phenols is 1. The molecule has 0 radical (unpaired) electrons. The minimum atomic E-state index is -5.08. The summed E-state index contributed by atoms with van der Waals surface area (Å²) >= 11 is 1.35. The summed E-state index contributed by atoms with van der Waals surface area (Å²) in [4.78, 5) is 142. The third-order valence-electron chi connectivity index (χ3n) is 11.6. The Kier molecular flexibility index (Phi) is 30.9. The van der Waals surface area contributed by atoms with Crippen LogP contribution in [0, 0.1) is 5.92 Å². The first-order chi connectivity index (χ1) is 37.3. The summed E-state index contributed by atoms with van der Waals surface area (Å²) in [6.07, 6.45) is -4.44. The molecule has 26 nitrogen and oxygen atoms in total. The lowest BCUT2D eigenvalue weighted by Crippen LogP contribution is -2.61. The number of alkyl halides is 3. The Morgan fingerprint density at radius 1 is 0.575 bits per heavy atom. The Labute approximate surface area is 463 Å². The molecule has 0 saturated heterocycles. The molecular weight excluding hydrogens is 1080 g/mol. The van der Waals surface area contributed by atoms with E-state index in [1.807, 2.05) is 0 Å². The van der Waals surface area contributed by atoms with Gasteiger partial charge in [0.05, 0.1) is 18.6 Å². The fourth-order valence-electron chi connectivity index (χ4n) is 7.01. The van der Waals surface area contributed by atoms with Crippen LogP contribution in [0.5, 0.6) is 5.75 Å². The van der Waals surface area contributed by atoms with Crippen molar-refractivity contribution in [2.45, 2.75) is 146 Å². The number of hydrogen-bond donors (Lipinski definition) is 15. The highest BCUT2D eigenvalue weighted by molar-refractivity contribution is 7.98. The Balaban J connectivity index is 0.00000426. The second-order valence-electron chi connectivity index (χ2n) is 18.7. The van der Waals surface area contributed by atoms with Crippen molar-refractivity contribution < 1.29 is 86.3 Å². The van der Waals surface area contributed by atoms with Gasteiger partial charge in [0, 0.05) is 12.8 Å². The van der Waals surface area contributed by atoms with Crippen molar-refractivity contribution in [3.63, 3.8) is 0 Å². The highest BCUT2D eigenvalue weighted by atomic mass is 32.2. The van der Waals surface area contributed by atoms with Crippen LogP contribution in [-0.2, 0) is 65.6 Å². The Bertz CT molecular complexity index is 2410. The molecule has 0 aliphatic carbocycles. The summed E-state index contributed by atoms with van der Waals surface area (Å²) in [5.74, 6) is -12.6. The molecule has 0 fully saturated rings. The number of nitrogens with one attached hydrogen (secondary N) is 8. The van der Waals surface area contributed by atoms with Gasteiger partial charge < -0.3 is 80.2 Å². The molecule has 18 N–H and O–H groups in total. The number of unbranched alkanes of at least 4 members (excludes halogenated alkanes) is 1. The van der Waals surface area contributed by atoms with E-state index in [9.17, 15) is 76.4 Å². The molecule has 0 bridgehead atoms. The van der Waals surface area contributed by atoms with Crippen LogP contribution < -0.4 is 59.7 Å². The highest BCUT2D eigenvalue weighted by Gasteiger charge is 2.39. The molecule has 0 aromatic heterocycles. The molecule has 2 rings (SSSR count). The number of benzene rings is 2. The van der Waals surface area contributed by atoms with Crippen LogP contribution in [0.3, 0.4) is 0 Å². The molecule has 0 heterocycles. The molecule has 30 heteroatoms. The number of thioether (sulfide) groups is 1. The van der Waals surface area contributed by atoms with Crippen LogP contribution in [-0.4, -0.2) is 171 Å². The van der Waals surface area contributed by atoms with Crippen LogP contribution >= 0.6 is 11.8 Å². The molecular formula is C50H74F3N11O15S. The highest BCUT2D eigenvalue weighted by Crippen LogP contribution is 2.15. The van der Waals surface area contributed by atoms with E-state index in [4.69, 9.17) is 27.1 Å². The molecule has 2 aromatic carbocycles. The number of aromatic hydroxyl groups is 1. The lowest BCUT2D eigenvalue weighted by molar-refractivity contribution is -0.192. The van der Waals surface area contributed by atoms with E-state index in [0.29, 0.717) is 42.7 Å². The van der Waals surface area contributed by atoms with Crippen LogP contribution in [0.4, 0.5) is 13.2 Å². The van der Waals surface area contributed by atoms with Crippen molar-refractivity contribution in [3.8, 4) is 5.75 Å². The van der Waals surface area contributed by atoms with Gasteiger partial charge in [0.1, 0.15) is 54.1 Å². The smallest absolute Gasteiger partial charge is 0.490 e. The Morgan fingerprint density at radius 2 is 1.01 bits per heavy atom. The number of aliphatic hydroxyl groups excluding tert-OH is 1. The van der Waals surface area contributed by atoms with Gasteiger partial charge in [-0.25, -0.2) is 9.59 Å². The number of carbonyl (C=O) groups excluding carboxylic acids is 9. The van der Waals surface area contributed by atoms with Crippen LogP contribution in [0.2, 0.25) is 0 Å². The molecule has 2 aromatic rings. The molecule has 10 atom stereocenters. The molecule has 0 spiro atoms. The van der Waals surface area contributed by atoms with Gasteiger partial charge in [-0.3, -0.25) is 43.2 Å². The maximum Gasteiger partial charge on any atom is 0.490 e. The van der Waals surface area contributed by atoms with E-state index in [2.05, 4.69) is 42.5 Å². The van der Waals surface area contributed by atoms with Gasteiger partial charge in [0.15, 0.2) is 0 Å². The molecule has 9 amide bonds. The number of carbonyl (C=O) groups is 11. The number of aliphatic carboxylic acids is 2. The first-order valence-electron chi connectivity index (χ1n) is 25.0. The summed E-state index contributed by atoms with van der Waals surface area (Å²) in [5.41, 5.74) is 18.0. The van der Waals surface area contributed by atoms with Crippen molar-refractivity contribution in [1.82, 2.24) is 42.5 Å². The maximum absolute atomic E-state index is 14.2. The van der Waals surface area contributed by atoms with Crippen molar-refractivity contribution in [1.29, 1.82) is 0 Å². The van der Waals surface area contributed by atoms with Crippen molar-refractivity contribution in [2.75, 3.05) is 18.6 Å². The largest absolute Gasteiger partial charge is 0.508 e. The second kappa shape index (κ2) is 35.1. The van der Waals surface area contributed by atoms with E-state index in [1.165, 1.54) is 56.8 Å². The number of carboxylic acid groups (broad SMARTS) is 2. The maximum atomic E-state index is 14.2. The number of halogens is 3. The number of nitrogens with two attached hydrogens (primary N) is 3. The zero-order valence-corrected chi connectivity index (χ0v) is 45.8. The number of rotatable bonds is 32. The molecule has 0 unspecified atom stereocenters. The summed E-state index contributed by atoms with van der Waals surface area (Å²) in [7, 11) is 0. The zero-order valence-electron chi connectivity index (χ0n) is 45.0. The SMILES string of the molecule is CSCC[C@H](NC(=O)[C@@H](NC(=O)[C@H](C)NC(=O)[C@H](Cc1ccccc1)NC(=O)[C@H](CC(N)=O)NC(=O)[C@H](Cc1ccc(O)cc1)NC(=O)[C@@H](NC(=O)[C@H](C)NC(=O)[C@@H](N)CCCCN)C(C)C)[C@@H](C)O)C(=O)O.O=C(O)C(F)(F)F. The van der Waals surface area contributed by atoms with Gasteiger partial charge in [-0.1, -0.05) is 62.7 Å². The first-order valence-corrected chi connectivity index (χ1v) is 26.4. The van der Waals surface area contributed by atoms with Crippen molar-refractivity contribution >= 4 is 76.9 Å². The Morgan fingerprint density at radius 3 is 1.48 bits per heavy atom. The predicted molar refractivity (Wildman–Crippen MR) is 284 cm³/mol. The minimum Gasteiger partial charge on any atom is -0.508 e. The topological polar surface area (TPSA) is 443 Å². The summed E-state index contributed by atoms with van der Waals surface area (Å²) < 4.78 is 31.7. The standard InChI is InChI=1S/C48H73N11O13S.C2HF3O2/c1-25(2)38(58-40(63)26(3)52-42(65)32(50)14-10-11-20-49)46(69)57-35(23-30-15-17-31(61)18-16-30)44(67)56-36(24-37(51)62)45(68)55-34(22-29-12-8-7-9-13-29)43(66)53-27(4)41(64)59-39(28(5)60)47(70)54-33(48(71)72)19-21-73-6;3-2(4,5)1(6)7/h7-9,12-13,15-18,25-28,32-36,38-39,60-61H,10-11,14,19-24,49-50H2,1-6H3,(H2,51,62)(H,52,65)(H,53,66)(H,54,70)(H,55,68)(H,56,67)(H,57,69)(H,58,63)(H,59,64)(H,71,72);(H,6,7)/t26-,27-,28+,32-,33-,34-,35-,36-,38-,39-;/m0./s1. The minimum absolute atomic E-state index is 0.0572. The number of aliphatic hydroxyl groups is 1. The third kappa shape index (κ3) is 26.4.